The first-order valence-corrected chi connectivity index (χ1v) is 6.22. The lowest BCUT2D eigenvalue weighted by Crippen LogP contribution is -2.15. The van der Waals surface area contributed by atoms with Crippen LogP contribution in [0.3, 0.4) is 0 Å². The van der Waals surface area contributed by atoms with Crippen LogP contribution in [-0.2, 0) is 15.7 Å². The van der Waals surface area contributed by atoms with E-state index in [9.17, 15) is 13.5 Å². The summed E-state index contributed by atoms with van der Waals surface area (Å²) in [5, 5.41) is 9.65. The fourth-order valence-electron chi connectivity index (χ4n) is 1.09. The standard InChI is InChI=1S/C10H14O4S/c1-10(2,11)8-4-6-9(7-5-8)14-15(3,12)13/h4-7,11H,1-3H3. The molecule has 0 spiro atoms. The molecular formula is C10H14O4S. The third kappa shape index (κ3) is 3.89. The topological polar surface area (TPSA) is 63.6 Å². The van der Waals surface area contributed by atoms with Gasteiger partial charge < -0.3 is 9.29 Å². The second-order valence-electron chi connectivity index (χ2n) is 3.87. The van der Waals surface area contributed by atoms with Crippen LogP contribution < -0.4 is 4.18 Å². The molecule has 1 aromatic rings. The van der Waals surface area contributed by atoms with E-state index >= 15 is 0 Å². The quantitative estimate of drug-likeness (QED) is 0.794. The first-order valence-electron chi connectivity index (χ1n) is 4.41. The highest BCUT2D eigenvalue weighted by Gasteiger charge is 2.15. The number of aliphatic hydroxyl groups is 1. The summed E-state index contributed by atoms with van der Waals surface area (Å²) < 4.78 is 26.3. The monoisotopic (exact) mass is 230 g/mol. The Labute approximate surface area is 89.6 Å². The molecule has 0 saturated heterocycles. The molecule has 0 radical (unpaired) electrons. The molecule has 1 N–H and O–H groups in total. The first kappa shape index (κ1) is 12.0. The Morgan fingerprint density at radius 1 is 1.20 bits per heavy atom. The van der Waals surface area contributed by atoms with Gasteiger partial charge in [0.05, 0.1) is 11.9 Å². The lowest BCUT2D eigenvalue weighted by molar-refractivity contribution is 0.0786. The predicted octanol–water partition coefficient (Wildman–Crippen LogP) is 1.25. The fraction of sp³-hybridized carbons (Fsp3) is 0.400. The maximum Gasteiger partial charge on any atom is 0.306 e. The van der Waals surface area contributed by atoms with Gasteiger partial charge in [-0.3, -0.25) is 0 Å². The Balaban J connectivity index is 2.91. The van der Waals surface area contributed by atoms with Crippen LogP contribution in [0.1, 0.15) is 19.4 Å². The average molecular weight is 230 g/mol. The Hall–Kier alpha value is -1.07. The third-order valence-electron chi connectivity index (χ3n) is 1.81. The molecule has 15 heavy (non-hydrogen) atoms. The molecule has 1 rings (SSSR count). The SMILES string of the molecule is CC(C)(O)c1ccc(OS(C)(=O)=O)cc1. The van der Waals surface area contributed by atoms with E-state index in [-0.39, 0.29) is 5.75 Å². The van der Waals surface area contributed by atoms with Crippen LogP contribution >= 0.6 is 0 Å². The van der Waals surface area contributed by atoms with E-state index in [0.717, 1.165) is 6.26 Å². The molecule has 0 saturated carbocycles. The van der Waals surface area contributed by atoms with Gasteiger partial charge in [-0.15, -0.1) is 0 Å². The summed E-state index contributed by atoms with van der Waals surface area (Å²) in [6.07, 6.45) is 0.983. The van der Waals surface area contributed by atoms with Gasteiger partial charge in [-0.2, -0.15) is 8.42 Å². The van der Waals surface area contributed by atoms with Gasteiger partial charge in [-0.1, -0.05) is 12.1 Å². The van der Waals surface area contributed by atoms with Crippen LogP contribution in [-0.4, -0.2) is 19.8 Å². The maximum atomic E-state index is 10.8. The highest BCUT2D eigenvalue weighted by molar-refractivity contribution is 7.86. The normalized spacial score (nSPS) is 12.5. The van der Waals surface area contributed by atoms with Crippen LogP contribution in [0.2, 0.25) is 0 Å². The van der Waals surface area contributed by atoms with E-state index in [2.05, 4.69) is 4.18 Å². The van der Waals surface area contributed by atoms with Crippen LogP contribution in [0.25, 0.3) is 0 Å². The first-order chi connectivity index (χ1) is 6.68. The summed E-state index contributed by atoms with van der Waals surface area (Å²) in [4.78, 5) is 0. The minimum Gasteiger partial charge on any atom is -0.386 e. The Morgan fingerprint density at radius 3 is 2.00 bits per heavy atom. The molecule has 0 unspecified atom stereocenters. The largest absolute Gasteiger partial charge is 0.386 e. The molecule has 0 atom stereocenters. The lowest BCUT2D eigenvalue weighted by atomic mass is 9.99. The molecule has 0 heterocycles. The third-order valence-corrected chi connectivity index (χ3v) is 2.30. The summed E-state index contributed by atoms with van der Waals surface area (Å²) >= 11 is 0. The molecule has 0 aliphatic rings. The van der Waals surface area contributed by atoms with E-state index in [1.807, 2.05) is 0 Å². The van der Waals surface area contributed by atoms with Crippen molar-refractivity contribution >= 4 is 10.1 Å². The summed E-state index contributed by atoms with van der Waals surface area (Å²) in [5.41, 5.74) is -0.243. The van der Waals surface area contributed by atoms with Crippen molar-refractivity contribution in [2.75, 3.05) is 6.26 Å². The molecule has 4 nitrogen and oxygen atoms in total. The van der Waals surface area contributed by atoms with Gasteiger partial charge in [-0.25, -0.2) is 0 Å². The molecule has 1 aromatic carbocycles. The molecule has 0 fully saturated rings. The Morgan fingerprint density at radius 2 is 1.67 bits per heavy atom. The van der Waals surface area contributed by atoms with E-state index in [0.29, 0.717) is 5.56 Å². The van der Waals surface area contributed by atoms with Crippen molar-refractivity contribution in [1.82, 2.24) is 0 Å². The number of rotatable bonds is 3. The van der Waals surface area contributed by atoms with Crippen LogP contribution in [0.4, 0.5) is 0 Å². The fourth-order valence-corrected chi connectivity index (χ4v) is 1.55. The van der Waals surface area contributed by atoms with Crippen molar-refractivity contribution in [3.8, 4) is 5.75 Å². The van der Waals surface area contributed by atoms with Crippen molar-refractivity contribution in [1.29, 1.82) is 0 Å². The Kier molecular flexibility index (Phi) is 3.06. The summed E-state index contributed by atoms with van der Waals surface area (Å²) in [6, 6.07) is 6.27. The van der Waals surface area contributed by atoms with Gasteiger partial charge >= 0.3 is 10.1 Å². The van der Waals surface area contributed by atoms with E-state index in [4.69, 9.17) is 0 Å². The molecule has 0 aliphatic heterocycles. The van der Waals surface area contributed by atoms with Gasteiger partial charge in [0.15, 0.2) is 0 Å². The van der Waals surface area contributed by atoms with Gasteiger partial charge in [0.25, 0.3) is 0 Å². The lowest BCUT2D eigenvalue weighted by Gasteiger charge is -2.17. The maximum absolute atomic E-state index is 10.8. The van der Waals surface area contributed by atoms with Crippen molar-refractivity contribution < 1.29 is 17.7 Å². The average Bonchev–Trinajstić information content (AvgIpc) is 2.00. The number of hydrogen-bond acceptors (Lipinski definition) is 4. The zero-order valence-corrected chi connectivity index (χ0v) is 9.71. The molecule has 0 aliphatic carbocycles. The Bertz CT molecular complexity index is 425. The molecule has 0 bridgehead atoms. The van der Waals surface area contributed by atoms with Crippen molar-refractivity contribution in [2.45, 2.75) is 19.4 Å². The van der Waals surface area contributed by atoms with Gasteiger partial charge in [0, 0.05) is 0 Å². The van der Waals surface area contributed by atoms with E-state index in [1.54, 1.807) is 26.0 Å². The van der Waals surface area contributed by atoms with Crippen LogP contribution in [0.5, 0.6) is 5.75 Å². The number of hydrogen-bond donors (Lipinski definition) is 1. The zero-order valence-electron chi connectivity index (χ0n) is 8.89. The van der Waals surface area contributed by atoms with Crippen molar-refractivity contribution in [3.05, 3.63) is 29.8 Å². The molecule has 84 valence electrons. The molecular weight excluding hydrogens is 216 g/mol. The van der Waals surface area contributed by atoms with Crippen molar-refractivity contribution in [2.24, 2.45) is 0 Å². The summed E-state index contributed by atoms with van der Waals surface area (Å²) in [6.45, 7) is 3.30. The smallest absolute Gasteiger partial charge is 0.306 e. The van der Waals surface area contributed by atoms with Gasteiger partial charge in [0.1, 0.15) is 5.75 Å². The minimum atomic E-state index is -3.49. The molecule has 0 amide bonds. The summed E-state index contributed by atoms with van der Waals surface area (Å²) in [7, 11) is -3.49. The predicted molar refractivity (Wildman–Crippen MR) is 57.2 cm³/mol. The molecule has 5 heteroatoms. The van der Waals surface area contributed by atoms with Crippen molar-refractivity contribution in [3.63, 3.8) is 0 Å². The second kappa shape index (κ2) is 3.83. The molecule has 0 aromatic heterocycles. The van der Waals surface area contributed by atoms with Crippen LogP contribution in [0, 0.1) is 0 Å². The summed E-state index contributed by atoms with van der Waals surface area (Å²) in [5.74, 6) is 0.241. The van der Waals surface area contributed by atoms with E-state index in [1.165, 1.54) is 12.1 Å². The number of benzene rings is 1. The minimum absolute atomic E-state index is 0.241. The zero-order chi connectivity index (χ0) is 11.7. The highest BCUT2D eigenvalue weighted by Crippen LogP contribution is 2.22. The van der Waals surface area contributed by atoms with E-state index < -0.39 is 15.7 Å². The van der Waals surface area contributed by atoms with Crippen LogP contribution in [0.15, 0.2) is 24.3 Å². The van der Waals surface area contributed by atoms with Gasteiger partial charge in [0.2, 0.25) is 0 Å². The van der Waals surface area contributed by atoms with Gasteiger partial charge in [-0.05, 0) is 31.5 Å². The highest BCUT2D eigenvalue weighted by atomic mass is 32.2. The second-order valence-corrected chi connectivity index (χ2v) is 5.45.